The predicted octanol–water partition coefficient (Wildman–Crippen LogP) is 1.89. The van der Waals surface area contributed by atoms with Crippen LogP contribution >= 0.6 is 22.6 Å². The highest BCUT2D eigenvalue weighted by Gasteiger charge is 2.30. The van der Waals surface area contributed by atoms with E-state index in [1.165, 1.54) is 0 Å². The van der Waals surface area contributed by atoms with Gasteiger partial charge >= 0.3 is 0 Å². The minimum atomic E-state index is -0.511. The molecule has 1 N–H and O–H groups in total. The van der Waals surface area contributed by atoms with E-state index in [9.17, 15) is 9.90 Å². The van der Waals surface area contributed by atoms with Crippen LogP contribution in [-0.4, -0.2) is 14.5 Å². The average Bonchev–Trinajstić information content (AvgIpc) is 1.86. The van der Waals surface area contributed by atoms with Crippen LogP contribution in [0.5, 0.6) is 0 Å². The first-order valence-electron chi connectivity index (χ1n) is 3.93. The first-order chi connectivity index (χ1) is 5.01. The molecule has 0 amide bonds. The minimum Gasteiger partial charge on any atom is -0.390 e. The zero-order chi connectivity index (χ0) is 8.48. The quantitative estimate of drug-likeness (QED) is 0.582. The molecule has 2 nitrogen and oxygen atoms in total. The van der Waals surface area contributed by atoms with Crippen LogP contribution in [0.2, 0.25) is 0 Å². The summed E-state index contributed by atoms with van der Waals surface area (Å²) >= 11 is 1.85. The van der Waals surface area contributed by atoms with Crippen LogP contribution in [0.25, 0.3) is 0 Å². The van der Waals surface area contributed by atoms with Crippen LogP contribution < -0.4 is 0 Å². The second kappa shape index (κ2) is 3.39. The van der Waals surface area contributed by atoms with E-state index in [1.54, 1.807) is 0 Å². The zero-order valence-electron chi connectivity index (χ0n) is 6.64. The number of carbonyl (C=O) groups is 1. The summed E-state index contributed by atoms with van der Waals surface area (Å²) in [6, 6.07) is 0. The topological polar surface area (TPSA) is 37.3 Å². The van der Waals surface area contributed by atoms with E-state index in [0.717, 1.165) is 25.7 Å². The highest BCUT2D eigenvalue weighted by molar-refractivity contribution is 14.1. The second-order valence-electron chi connectivity index (χ2n) is 3.58. The van der Waals surface area contributed by atoms with E-state index in [2.05, 4.69) is 0 Å². The van der Waals surface area contributed by atoms with Crippen molar-refractivity contribution in [2.24, 2.45) is 5.92 Å². The van der Waals surface area contributed by atoms with Crippen molar-refractivity contribution >= 4 is 26.4 Å². The minimum absolute atomic E-state index is 0.204. The summed E-state index contributed by atoms with van der Waals surface area (Å²) in [7, 11) is 0. The van der Waals surface area contributed by atoms with Crippen LogP contribution in [0, 0.1) is 5.92 Å². The molecule has 0 atom stereocenters. The largest absolute Gasteiger partial charge is 0.390 e. The van der Waals surface area contributed by atoms with Gasteiger partial charge in [-0.1, -0.05) is 0 Å². The molecule has 64 valence electrons. The van der Waals surface area contributed by atoms with Crippen LogP contribution in [0.15, 0.2) is 0 Å². The third-order valence-corrected chi connectivity index (χ3v) is 3.26. The third-order valence-electron chi connectivity index (χ3n) is 2.38. The molecule has 0 heterocycles. The van der Waals surface area contributed by atoms with Gasteiger partial charge in [-0.25, -0.2) is 0 Å². The van der Waals surface area contributed by atoms with Gasteiger partial charge in [-0.2, -0.15) is 0 Å². The maximum Gasteiger partial charge on any atom is 0.195 e. The predicted molar refractivity (Wildman–Crippen MR) is 51.6 cm³/mol. The van der Waals surface area contributed by atoms with Gasteiger partial charge in [-0.15, -0.1) is 0 Å². The molecule has 0 radical (unpaired) electrons. The lowest BCUT2D eigenvalue weighted by molar-refractivity contribution is -0.115. The second-order valence-corrected chi connectivity index (χ2v) is 4.64. The monoisotopic (exact) mass is 268 g/mol. The highest BCUT2D eigenvalue weighted by atomic mass is 127. The first kappa shape index (κ1) is 9.45. The molecule has 1 saturated carbocycles. The van der Waals surface area contributed by atoms with Crippen LogP contribution in [-0.2, 0) is 4.79 Å². The van der Waals surface area contributed by atoms with Crippen molar-refractivity contribution < 1.29 is 9.90 Å². The lowest BCUT2D eigenvalue weighted by Crippen LogP contribution is -2.31. The number of aliphatic hydroxyl groups is 1. The Labute approximate surface area is 80.5 Å². The molecule has 0 spiro atoms. The summed E-state index contributed by atoms with van der Waals surface area (Å²) in [6.45, 7) is 1.85. The summed E-state index contributed by atoms with van der Waals surface area (Å²) in [4.78, 5) is 10.9. The number of hydrogen-bond acceptors (Lipinski definition) is 2. The molecule has 0 aromatic rings. The standard InChI is InChI=1S/C8H13IO2/c1-8(11)4-2-6(3-5-8)7(9)10/h6,11H,2-5H2,1H3. The van der Waals surface area contributed by atoms with Gasteiger partial charge in [0.25, 0.3) is 0 Å². The van der Waals surface area contributed by atoms with Gasteiger partial charge in [0.05, 0.1) is 5.60 Å². The molecule has 0 aromatic heterocycles. The molecule has 1 aliphatic rings. The Bertz CT molecular complexity index is 155. The Kier molecular flexibility index (Phi) is 2.91. The summed E-state index contributed by atoms with van der Waals surface area (Å²) in [5.74, 6) is 0.204. The number of rotatable bonds is 1. The Balaban J connectivity index is 2.42. The maximum absolute atomic E-state index is 10.9. The normalized spacial score (nSPS) is 38.6. The van der Waals surface area contributed by atoms with Gasteiger partial charge in [0, 0.05) is 5.92 Å². The van der Waals surface area contributed by atoms with Crippen molar-refractivity contribution in [2.45, 2.75) is 38.2 Å². The lowest BCUT2D eigenvalue weighted by atomic mass is 9.81. The van der Waals surface area contributed by atoms with Crippen molar-refractivity contribution in [3.05, 3.63) is 0 Å². The van der Waals surface area contributed by atoms with E-state index in [4.69, 9.17) is 0 Å². The summed E-state index contributed by atoms with van der Waals surface area (Å²) < 4.78 is 0.248. The molecule has 0 aliphatic heterocycles. The van der Waals surface area contributed by atoms with Gasteiger partial charge < -0.3 is 5.11 Å². The molecule has 1 fully saturated rings. The van der Waals surface area contributed by atoms with Crippen molar-refractivity contribution in [1.29, 1.82) is 0 Å². The summed E-state index contributed by atoms with van der Waals surface area (Å²) in [5.41, 5.74) is -0.511. The average molecular weight is 268 g/mol. The van der Waals surface area contributed by atoms with Crippen molar-refractivity contribution in [3.63, 3.8) is 0 Å². The number of halogens is 1. The van der Waals surface area contributed by atoms with Gasteiger partial charge in [-0.3, -0.25) is 4.79 Å². The Morgan fingerprint density at radius 3 is 2.36 bits per heavy atom. The van der Waals surface area contributed by atoms with E-state index in [-0.39, 0.29) is 9.71 Å². The van der Waals surface area contributed by atoms with E-state index in [0.29, 0.717) is 0 Å². The first-order valence-corrected chi connectivity index (χ1v) is 5.01. The van der Waals surface area contributed by atoms with E-state index >= 15 is 0 Å². The Morgan fingerprint density at radius 1 is 1.55 bits per heavy atom. The highest BCUT2D eigenvalue weighted by Crippen LogP contribution is 2.32. The third kappa shape index (κ3) is 2.71. The molecule has 0 unspecified atom stereocenters. The van der Waals surface area contributed by atoms with E-state index in [1.807, 2.05) is 29.5 Å². The molecule has 1 aliphatic carbocycles. The molecule has 0 aromatic carbocycles. The molecule has 1 rings (SSSR count). The fourth-order valence-corrected chi connectivity index (χ4v) is 2.09. The molecule has 0 saturated heterocycles. The van der Waals surface area contributed by atoms with Crippen molar-refractivity contribution in [1.82, 2.24) is 0 Å². The van der Waals surface area contributed by atoms with Crippen LogP contribution in [0.4, 0.5) is 0 Å². The number of carbonyl (C=O) groups excluding carboxylic acids is 1. The van der Waals surface area contributed by atoms with E-state index < -0.39 is 5.60 Å². The van der Waals surface area contributed by atoms with Crippen LogP contribution in [0.1, 0.15) is 32.6 Å². The van der Waals surface area contributed by atoms with Crippen molar-refractivity contribution in [2.75, 3.05) is 0 Å². The smallest absolute Gasteiger partial charge is 0.195 e. The van der Waals surface area contributed by atoms with Gasteiger partial charge in [0.1, 0.15) is 0 Å². The SMILES string of the molecule is CC1(O)CCC(C(=O)I)CC1. The molecular formula is C8H13IO2. The van der Waals surface area contributed by atoms with Crippen LogP contribution in [0.3, 0.4) is 0 Å². The fourth-order valence-electron chi connectivity index (χ4n) is 1.47. The molecular weight excluding hydrogens is 255 g/mol. The van der Waals surface area contributed by atoms with Crippen molar-refractivity contribution in [3.8, 4) is 0 Å². The zero-order valence-corrected chi connectivity index (χ0v) is 8.80. The maximum atomic E-state index is 10.9. The van der Waals surface area contributed by atoms with Gasteiger partial charge in [0.15, 0.2) is 3.79 Å². The Morgan fingerprint density at radius 2 is 2.00 bits per heavy atom. The summed E-state index contributed by atoms with van der Waals surface area (Å²) in [6.07, 6.45) is 3.25. The molecule has 0 bridgehead atoms. The van der Waals surface area contributed by atoms with Gasteiger partial charge in [-0.05, 0) is 55.2 Å². The molecule has 11 heavy (non-hydrogen) atoms. The Hall–Kier alpha value is 0.360. The number of hydrogen-bond donors (Lipinski definition) is 1. The lowest BCUT2D eigenvalue weighted by Gasteiger charge is -2.31. The molecule has 3 heteroatoms. The van der Waals surface area contributed by atoms with Gasteiger partial charge in [0.2, 0.25) is 0 Å². The summed E-state index contributed by atoms with van der Waals surface area (Å²) in [5, 5.41) is 9.56. The fraction of sp³-hybridized carbons (Fsp3) is 0.875.